The Morgan fingerprint density at radius 1 is 1.42 bits per heavy atom. The van der Waals surface area contributed by atoms with Crippen LogP contribution in [0.1, 0.15) is 38.1 Å². The van der Waals surface area contributed by atoms with E-state index in [1.54, 1.807) is 6.20 Å². The van der Waals surface area contributed by atoms with Crippen molar-refractivity contribution in [3.63, 3.8) is 0 Å². The Morgan fingerprint density at radius 2 is 2.21 bits per heavy atom. The van der Waals surface area contributed by atoms with E-state index in [0.717, 1.165) is 28.2 Å². The smallest absolute Gasteiger partial charge is 0.243 e. The SMILES string of the molecule is CCCC[C@H](N)c1nc(-c2ncc(Br)cc2Br)no1. The molecular formula is C12H14Br2N4O. The van der Waals surface area contributed by atoms with Crippen LogP contribution in [0.25, 0.3) is 11.5 Å². The van der Waals surface area contributed by atoms with Crippen LogP contribution in [0.3, 0.4) is 0 Å². The van der Waals surface area contributed by atoms with Crippen LogP contribution in [0.5, 0.6) is 0 Å². The zero-order valence-corrected chi connectivity index (χ0v) is 13.6. The predicted octanol–water partition coefficient (Wildman–Crippen LogP) is 3.85. The van der Waals surface area contributed by atoms with Crippen LogP contribution in [-0.2, 0) is 0 Å². The Kier molecular flexibility index (Phi) is 5.06. The largest absolute Gasteiger partial charge is 0.337 e. The second-order valence-corrected chi connectivity index (χ2v) is 5.96. The van der Waals surface area contributed by atoms with Gasteiger partial charge in [-0.2, -0.15) is 4.98 Å². The van der Waals surface area contributed by atoms with Crippen molar-refractivity contribution in [1.82, 2.24) is 15.1 Å². The minimum Gasteiger partial charge on any atom is -0.337 e. The van der Waals surface area contributed by atoms with Crippen LogP contribution in [0.4, 0.5) is 0 Å². The van der Waals surface area contributed by atoms with Crippen molar-refractivity contribution in [2.75, 3.05) is 0 Å². The van der Waals surface area contributed by atoms with Crippen LogP contribution in [0.15, 0.2) is 25.7 Å². The van der Waals surface area contributed by atoms with Crippen LogP contribution in [0, 0.1) is 0 Å². The van der Waals surface area contributed by atoms with Gasteiger partial charge in [-0.15, -0.1) is 0 Å². The molecule has 102 valence electrons. The second-order valence-electron chi connectivity index (χ2n) is 4.19. The maximum absolute atomic E-state index is 6.00. The van der Waals surface area contributed by atoms with E-state index < -0.39 is 0 Å². The lowest BCUT2D eigenvalue weighted by molar-refractivity contribution is 0.346. The summed E-state index contributed by atoms with van der Waals surface area (Å²) >= 11 is 6.78. The van der Waals surface area contributed by atoms with Crippen LogP contribution < -0.4 is 5.73 Å². The lowest BCUT2D eigenvalue weighted by Gasteiger charge is -2.03. The van der Waals surface area contributed by atoms with Crippen molar-refractivity contribution in [2.45, 2.75) is 32.2 Å². The molecule has 0 aromatic carbocycles. The predicted molar refractivity (Wildman–Crippen MR) is 79.4 cm³/mol. The van der Waals surface area contributed by atoms with Gasteiger partial charge in [0.1, 0.15) is 5.69 Å². The van der Waals surface area contributed by atoms with Gasteiger partial charge in [-0.05, 0) is 44.3 Å². The molecule has 5 nitrogen and oxygen atoms in total. The average Bonchev–Trinajstić information content (AvgIpc) is 2.85. The molecule has 2 rings (SSSR count). The van der Waals surface area contributed by atoms with Crippen LogP contribution in [0.2, 0.25) is 0 Å². The standard InChI is InChI=1S/C12H14Br2N4O/c1-2-3-4-9(15)12-17-11(18-19-12)10-8(14)5-7(13)6-16-10/h5-6,9H,2-4,15H2,1H3/t9-/m0/s1. The van der Waals surface area contributed by atoms with Crippen molar-refractivity contribution in [3.05, 3.63) is 27.1 Å². The summed E-state index contributed by atoms with van der Waals surface area (Å²) in [5, 5.41) is 3.93. The van der Waals surface area contributed by atoms with E-state index in [1.165, 1.54) is 0 Å². The van der Waals surface area contributed by atoms with Gasteiger partial charge in [-0.1, -0.05) is 24.9 Å². The second kappa shape index (κ2) is 6.58. The Labute approximate surface area is 128 Å². The number of nitrogens with zero attached hydrogens (tertiary/aromatic N) is 3. The third-order valence-corrected chi connectivity index (χ3v) is 3.69. The zero-order chi connectivity index (χ0) is 13.8. The van der Waals surface area contributed by atoms with Gasteiger partial charge in [0.25, 0.3) is 0 Å². The molecule has 0 amide bonds. The molecule has 0 saturated heterocycles. The summed E-state index contributed by atoms with van der Waals surface area (Å²) in [6.07, 6.45) is 4.66. The van der Waals surface area contributed by atoms with E-state index >= 15 is 0 Å². The van der Waals surface area contributed by atoms with E-state index in [-0.39, 0.29) is 6.04 Å². The van der Waals surface area contributed by atoms with Crippen molar-refractivity contribution in [1.29, 1.82) is 0 Å². The summed E-state index contributed by atoms with van der Waals surface area (Å²) in [4.78, 5) is 8.58. The summed E-state index contributed by atoms with van der Waals surface area (Å²) in [7, 11) is 0. The quantitative estimate of drug-likeness (QED) is 0.840. The van der Waals surface area contributed by atoms with E-state index in [1.807, 2.05) is 6.07 Å². The maximum Gasteiger partial charge on any atom is 0.243 e. The molecule has 7 heteroatoms. The molecule has 0 aliphatic carbocycles. The fourth-order valence-corrected chi connectivity index (χ4v) is 2.77. The van der Waals surface area contributed by atoms with Gasteiger partial charge < -0.3 is 10.3 Å². The van der Waals surface area contributed by atoms with Gasteiger partial charge in [0.15, 0.2) is 0 Å². The Hall–Kier alpha value is -0.790. The van der Waals surface area contributed by atoms with Gasteiger partial charge in [-0.3, -0.25) is 4.98 Å². The summed E-state index contributed by atoms with van der Waals surface area (Å²) in [5.74, 6) is 0.904. The lowest BCUT2D eigenvalue weighted by Crippen LogP contribution is -2.10. The molecule has 2 aromatic rings. The lowest BCUT2D eigenvalue weighted by atomic mass is 10.1. The molecule has 0 bridgehead atoms. The molecule has 0 aliphatic heterocycles. The first-order valence-corrected chi connectivity index (χ1v) is 7.61. The molecule has 0 spiro atoms. The van der Waals surface area contributed by atoms with E-state index in [2.05, 4.69) is 53.9 Å². The Bertz CT molecular complexity index is 558. The van der Waals surface area contributed by atoms with Gasteiger partial charge in [0.05, 0.1) is 6.04 Å². The third-order valence-electron chi connectivity index (χ3n) is 2.65. The number of rotatable bonds is 5. The molecule has 0 unspecified atom stereocenters. The highest BCUT2D eigenvalue weighted by atomic mass is 79.9. The monoisotopic (exact) mass is 388 g/mol. The Morgan fingerprint density at radius 3 is 2.89 bits per heavy atom. The van der Waals surface area contributed by atoms with Crippen LogP contribution >= 0.6 is 31.9 Å². The number of aromatic nitrogens is 3. The minimum atomic E-state index is -0.213. The summed E-state index contributed by atoms with van der Waals surface area (Å²) in [6, 6.07) is 1.67. The number of unbranched alkanes of at least 4 members (excludes halogenated alkanes) is 1. The fraction of sp³-hybridized carbons (Fsp3) is 0.417. The average molecular weight is 390 g/mol. The molecule has 0 aliphatic rings. The van der Waals surface area contributed by atoms with Crippen molar-refractivity contribution < 1.29 is 4.52 Å². The molecule has 2 N–H and O–H groups in total. The highest BCUT2D eigenvalue weighted by molar-refractivity contribution is 9.11. The van der Waals surface area contributed by atoms with Crippen molar-refractivity contribution in [2.24, 2.45) is 5.73 Å². The fourth-order valence-electron chi connectivity index (χ4n) is 1.61. The first-order valence-electron chi connectivity index (χ1n) is 6.02. The highest BCUT2D eigenvalue weighted by Gasteiger charge is 2.17. The van der Waals surface area contributed by atoms with Crippen molar-refractivity contribution >= 4 is 31.9 Å². The molecule has 1 atom stereocenters. The van der Waals surface area contributed by atoms with Gasteiger partial charge in [-0.25, -0.2) is 0 Å². The first kappa shape index (κ1) is 14.6. The minimum absolute atomic E-state index is 0.213. The molecule has 0 fully saturated rings. The third kappa shape index (κ3) is 3.61. The number of nitrogens with two attached hydrogens (primary N) is 1. The topological polar surface area (TPSA) is 77.8 Å². The Balaban J connectivity index is 2.20. The molecular weight excluding hydrogens is 376 g/mol. The summed E-state index contributed by atoms with van der Waals surface area (Å²) in [6.45, 7) is 2.12. The van der Waals surface area contributed by atoms with E-state index in [4.69, 9.17) is 10.3 Å². The molecule has 2 aromatic heterocycles. The van der Waals surface area contributed by atoms with E-state index in [0.29, 0.717) is 17.4 Å². The highest BCUT2D eigenvalue weighted by Crippen LogP contribution is 2.27. The maximum atomic E-state index is 6.00. The van der Waals surface area contributed by atoms with E-state index in [9.17, 15) is 0 Å². The van der Waals surface area contributed by atoms with Crippen molar-refractivity contribution in [3.8, 4) is 11.5 Å². The molecule has 0 radical (unpaired) electrons. The van der Waals surface area contributed by atoms with Gasteiger partial charge >= 0.3 is 0 Å². The molecule has 2 heterocycles. The number of pyridine rings is 1. The van der Waals surface area contributed by atoms with Gasteiger partial charge in [0.2, 0.25) is 11.7 Å². The summed E-state index contributed by atoms with van der Waals surface area (Å²) in [5.41, 5.74) is 6.64. The molecule has 19 heavy (non-hydrogen) atoms. The number of halogens is 2. The zero-order valence-electron chi connectivity index (χ0n) is 10.4. The summed E-state index contributed by atoms with van der Waals surface area (Å²) < 4.78 is 6.89. The number of hydrogen-bond acceptors (Lipinski definition) is 5. The van der Waals surface area contributed by atoms with Gasteiger partial charge in [0, 0.05) is 15.1 Å². The number of hydrogen-bond donors (Lipinski definition) is 1. The van der Waals surface area contributed by atoms with Crippen LogP contribution in [-0.4, -0.2) is 15.1 Å². The molecule has 0 saturated carbocycles. The first-order chi connectivity index (χ1) is 9.11. The normalized spacial score (nSPS) is 12.6.